The van der Waals surface area contributed by atoms with Crippen LogP contribution < -0.4 is 5.46 Å². The molecule has 5 rings (SSSR count). The van der Waals surface area contributed by atoms with Crippen LogP contribution in [0, 0.1) is 5.82 Å². The van der Waals surface area contributed by atoms with Crippen molar-refractivity contribution in [1.82, 2.24) is 0 Å². The van der Waals surface area contributed by atoms with Crippen molar-refractivity contribution in [3.63, 3.8) is 0 Å². The third kappa shape index (κ3) is 3.26. The standard InChI is InChI=1S/C22H18BClF4NO2/c1-20(2)15-7-12(5-6-16(15)23-30-20)18-10-21(31-29-18,22(26,27)28)13-8-14(11-3-4-11)19(25)17(24)9-13/h5-9,11H,3-4,10H2,1-2H3. The Morgan fingerprint density at radius 1 is 1.16 bits per heavy atom. The molecule has 2 aromatic rings. The van der Waals surface area contributed by atoms with Gasteiger partial charge in [0.2, 0.25) is 0 Å². The van der Waals surface area contributed by atoms with Gasteiger partial charge in [-0.25, -0.2) is 4.39 Å². The highest BCUT2D eigenvalue weighted by atomic mass is 35.5. The van der Waals surface area contributed by atoms with E-state index in [1.165, 1.54) is 6.07 Å². The highest BCUT2D eigenvalue weighted by Gasteiger charge is 2.62. The second-order valence-corrected chi connectivity index (χ2v) is 9.22. The van der Waals surface area contributed by atoms with Gasteiger partial charge in [-0.15, -0.1) is 0 Å². The molecule has 1 aliphatic carbocycles. The summed E-state index contributed by atoms with van der Waals surface area (Å²) in [5.74, 6) is -0.777. The Balaban J connectivity index is 1.55. The molecule has 3 nitrogen and oxygen atoms in total. The van der Waals surface area contributed by atoms with Gasteiger partial charge in [0.1, 0.15) is 5.82 Å². The lowest BCUT2D eigenvalue weighted by molar-refractivity contribution is -0.275. The predicted molar refractivity (Wildman–Crippen MR) is 109 cm³/mol. The molecule has 1 unspecified atom stereocenters. The number of alkyl halides is 3. The summed E-state index contributed by atoms with van der Waals surface area (Å²) in [6, 6.07) is 7.50. The van der Waals surface area contributed by atoms with E-state index in [0.29, 0.717) is 5.56 Å². The molecule has 2 aliphatic heterocycles. The largest absolute Gasteiger partial charge is 0.435 e. The summed E-state index contributed by atoms with van der Waals surface area (Å²) in [7, 11) is 1.63. The van der Waals surface area contributed by atoms with Crippen LogP contribution in [0.25, 0.3) is 0 Å². The third-order valence-electron chi connectivity index (χ3n) is 6.24. The Labute approximate surface area is 182 Å². The fourth-order valence-electron chi connectivity index (χ4n) is 4.23. The van der Waals surface area contributed by atoms with Gasteiger partial charge in [0.05, 0.1) is 16.3 Å². The molecule has 3 aliphatic rings. The van der Waals surface area contributed by atoms with Crippen LogP contribution in [0.2, 0.25) is 5.02 Å². The van der Waals surface area contributed by atoms with E-state index in [1.807, 2.05) is 13.8 Å². The topological polar surface area (TPSA) is 30.8 Å². The summed E-state index contributed by atoms with van der Waals surface area (Å²) < 4.78 is 63.1. The Bertz CT molecular complexity index is 1110. The van der Waals surface area contributed by atoms with Crippen molar-refractivity contribution in [2.45, 2.75) is 56.4 Å². The van der Waals surface area contributed by atoms with Gasteiger partial charge in [-0.05, 0) is 73.0 Å². The molecule has 31 heavy (non-hydrogen) atoms. The molecule has 1 saturated carbocycles. The minimum Gasteiger partial charge on any atom is -0.426 e. The molecule has 0 saturated heterocycles. The maximum absolute atomic E-state index is 14.4. The summed E-state index contributed by atoms with van der Waals surface area (Å²) >= 11 is 5.98. The number of benzene rings is 2. The molecule has 0 aromatic heterocycles. The van der Waals surface area contributed by atoms with Crippen LogP contribution >= 0.6 is 11.6 Å². The zero-order valence-corrected chi connectivity index (χ0v) is 17.6. The summed E-state index contributed by atoms with van der Waals surface area (Å²) in [5.41, 5.74) is -0.923. The first-order valence-electron chi connectivity index (χ1n) is 9.99. The van der Waals surface area contributed by atoms with E-state index in [1.54, 1.807) is 25.7 Å². The minimum atomic E-state index is -4.78. The number of nitrogens with zero attached hydrogens (tertiary/aromatic N) is 1. The highest BCUT2D eigenvalue weighted by molar-refractivity contribution is 6.49. The Morgan fingerprint density at radius 2 is 1.90 bits per heavy atom. The summed E-state index contributed by atoms with van der Waals surface area (Å²) in [6.07, 6.45) is -3.87. The number of halogens is 5. The first-order chi connectivity index (χ1) is 14.5. The number of hydrogen-bond acceptors (Lipinski definition) is 3. The van der Waals surface area contributed by atoms with Gasteiger partial charge in [0.25, 0.3) is 5.60 Å². The molecular weight excluding hydrogens is 433 g/mol. The fraction of sp³-hybridized carbons (Fsp3) is 0.409. The number of rotatable bonds is 3. The van der Waals surface area contributed by atoms with Gasteiger partial charge in [-0.1, -0.05) is 28.9 Å². The van der Waals surface area contributed by atoms with Crippen molar-refractivity contribution >= 4 is 30.3 Å². The number of fused-ring (bicyclic) bond motifs is 1. The summed E-state index contributed by atoms with van der Waals surface area (Å²) in [6.45, 7) is 3.76. The van der Waals surface area contributed by atoms with Crippen molar-refractivity contribution in [1.29, 1.82) is 0 Å². The lowest BCUT2D eigenvalue weighted by atomic mass is 9.81. The minimum absolute atomic E-state index is 0.111. The zero-order chi connectivity index (χ0) is 22.2. The van der Waals surface area contributed by atoms with E-state index in [4.69, 9.17) is 21.1 Å². The van der Waals surface area contributed by atoms with Crippen molar-refractivity contribution in [2.75, 3.05) is 0 Å². The van der Waals surface area contributed by atoms with Crippen molar-refractivity contribution in [3.8, 4) is 0 Å². The van der Waals surface area contributed by atoms with Gasteiger partial charge >= 0.3 is 13.7 Å². The molecule has 2 aromatic carbocycles. The molecule has 161 valence electrons. The van der Waals surface area contributed by atoms with E-state index >= 15 is 0 Å². The average Bonchev–Trinajstić information content (AvgIpc) is 3.36. The lowest BCUT2D eigenvalue weighted by Crippen LogP contribution is -2.42. The molecule has 0 bridgehead atoms. The molecule has 9 heteroatoms. The number of oxime groups is 1. The van der Waals surface area contributed by atoms with E-state index in [-0.39, 0.29) is 27.8 Å². The molecular formula is C22H18BClF4NO2. The van der Waals surface area contributed by atoms with Crippen LogP contribution in [0.1, 0.15) is 61.3 Å². The molecule has 2 heterocycles. The Hall–Kier alpha value is -2.06. The van der Waals surface area contributed by atoms with E-state index in [0.717, 1.165) is 29.9 Å². The van der Waals surface area contributed by atoms with Gasteiger partial charge < -0.3 is 9.49 Å². The molecule has 1 atom stereocenters. The Kier molecular flexibility index (Phi) is 4.51. The lowest BCUT2D eigenvalue weighted by Gasteiger charge is -2.30. The maximum Gasteiger partial charge on any atom is 0.435 e. The number of hydrogen-bond donors (Lipinski definition) is 0. The molecule has 0 spiro atoms. The Morgan fingerprint density at radius 3 is 2.58 bits per heavy atom. The third-order valence-corrected chi connectivity index (χ3v) is 6.52. The predicted octanol–water partition coefficient (Wildman–Crippen LogP) is 5.45. The average molecular weight is 451 g/mol. The van der Waals surface area contributed by atoms with Crippen molar-refractivity contribution in [2.24, 2.45) is 5.16 Å². The van der Waals surface area contributed by atoms with Crippen LogP contribution in [0.4, 0.5) is 17.6 Å². The van der Waals surface area contributed by atoms with Gasteiger partial charge in [-0.2, -0.15) is 13.2 Å². The van der Waals surface area contributed by atoms with Gasteiger partial charge in [0.15, 0.2) is 0 Å². The highest BCUT2D eigenvalue weighted by Crippen LogP contribution is 2.51. The normalized spacial score (nSPS) is 24.4. The van der Waals surface area contributed by atoms with Crippen LogP contribution in [0.3, 0.4) is 0 Å². The van der Waals surface area contributed by atoms with Crippen molar-refractivity contribution < 1.29 is 27.1 Å². The SMILES string of the molecule is CC1(C)O[B]c2ccc(C3=NOC(c4cc(Cl)c(F)c(C5CC5)c4)(C(F)(F)F)C3)cc21. The second kappa shape index (κ2) is 6.72. The quantitative estimate of drug-likeness (QED) is 0.460. The van der Waals surface area contributed by atoms with Crippen LogP contribution in [-0.2, 0) is 20.7 Å². The second-order valence-electron chi connectivity index (χ2n) is 8.81. The van der Waals surface area contributed by atoms with Crippen molar-refractivity contribution in [3.05, 3.63) is 63.4 Å². The molecule has 0 amide bonds. The first-order valence-corrected chi connectivity index (χ1v) is 10.4. The summed E-state index contributed by atoms with van der Waals surface area (Å²) in [5, 5.41) is 3.49. The molecule has 1 radical (unpaired) electrons. The van der Waals surface area contributed by atoms with Gasteiger partial charge in [0, 0.05) is 12.0 Å². The van der Waals surface area contributed by atoms with E-state index in [2.05, 4.69) is 5.16 Å². The fourth-order valence-corrected chi connectivity index (χ4v) is 4.45. The molecule has 1 fully saturated rings. The van der Waals surface area contributed by atoms with E-state index in [9.17, 15) is 17.6 Å². The van der Waals surface area contributed by atoms with Crippen LogP contribution in [0.15, 0.2) is 35.5 Å². The summed E-state index contributed by atoms with van der Waals surface area (Å²) in [4.78, 5) is 5.12. The monoisotopic (exact) mass is 450 g/mol. The van der Waals surface area contributed by atoms with E-state index < -0.39 is 29.6 Å². The first kappa shape index (κ1) is 20.8. The van der Waals surface area contributed by atoms with Crippen LogP contribution in [-0.4, -0.2) is 19.4 Å². The zero-order valence-electron chi connectivity index (χ0n) is 16.8. The van der Waals surface area contributed by atoms with Crippen LogP contribution in [0.5, 0.6) is 0 Å². The maximum atomic E-state index is 14.4. The molecule has 0 N–H and O–H groups in total. The smallest absolute Gasteiger partial charge is 0.426 e. The van der Waals surface area contributed by atoms with Gasteiger partial charge in [-0.3, -0.25) is 0 Å².